The van der Waals surface area contributed by atoms with E-state index in [0.717, 1.165) is 5.56 Å². The van der Waals surface area contributed by atoms with Crippen LogP contribution in [-0.2, 0) is 0 Å². The van der Waals surface area contributed by atoms with Gasteiger partial charge in [0.25, 0.3) is 0 Å². The number of hydrogen-bond acceptors (Lipinski definition) is 2. The van der Waals surface area contributed by atoms with Crippen LogP contribution in [0.4, 0.5) is 8.78 Å². The van der Waals surface area contributed by atoms with E-state index in [1.54, 1.807) is 17.4 Å². The lowest BCUT2D eigenvalue weighted by Gasteiger charge is -2.23. The number of halogens is 2. The van der Waals surface area contributed by atoms with E-state index >= 15 is 0 Å². The van der Waals surface area contributed by atoms with Crippen molar-refractivity contribution in [1.82, 2.24) is 5.32 Å². The van der Waals surface area contributed by atoms with E-state index in [1.807, 2.05) is 6.92 Å². The molecule has 1 N–H and O–H groups in total. The van der Waals surface area contributed by atoms with E-state index in [2.05, 4.69) is 22.8 Å². The molecule has 1 heterocycles. The molecular formula is C16H17F2NS. The summed E-state index contributed by atoms with van der Waals surface area (Å²) in [4.78, 5) is 1.32. The zero-order chi connectivity index (χ0) is 14.1. The van der Waals surface area contributed by atoms with Gasteiger partial charge in [0, 0.05) is 17.0 Å². The topological polar surface area (TPSA) is 12.0 Å². The van der Waals surface area contributed by atoms with Crippen LogP contribution in [-0.4, -0.2) is 0 Å². The summed E-state index contributed by atoms with van der Waals surface area (Å²) in [5.41, 5.74) is 0.783. The number of nitrogens with one attached hydrogen (secondary N) is 1. The summed E-state index contributed by atoms with van der Waals surface area (Å²) in [6, 6.07) is 8.63. The van der Waals surface area contributed by atoms with Crippen molar-refractivity contribution < 1.29 is 8.78 Å². The van der Waals surface area contributed by atoms with Gasteiger partial charge in [0.1, 0.15) is 0 Å². The molecule has 1 fully saturated rings. The van der Waals surface area contributed by atoms with Gasteiger partial charge in [-0.25, -0.2) is 8.78 Å². The van der Waals surface area contributed by atoms with E-state index in [4.69, 9.17) is 0 Å². The van der Waals surface area contributed by atoms with Gasteiger partial charge in [0.05, 0.1) is 0 Å². The lowest BCUT2D eigenvalue weighted by Crippen LogP contribution is -2.25. The Kier molecular flexibility index (Phi) is 3.85. The van der Waals surface area contributed by atoms with Crippen molar-refractivity contribution in [3.63, 3.8) is 0 Å². The molecule has 0 spiro atoms. The van der Waals surface area contributed by atoms with Gasteiger partial charge in [-0.05, 0) is 54.8 Å². The van der Waals surface area contributed by atoms with Gasteiger partial charge >= 0.3 is 0 Å². The van der Waals surface area contributed by atoms with Gasteiger partial charge < -0.3 is 5.32 Å². The SMILES string of the molecule is CC(NC(c1cccs1)C1CC1)c1ccc(F)c(F)c1. The van der Waals surface area contributed by atoms with E-state index in [1.165, 1.54) is 29.9 Å². The molecule has 2 atom stereocenters. The van der Waals surface area contributed by atoms with Gasteiger partial charge in [-0.1, -0.05) is 12.1 Å². The van der Waals surface area contributed by atoms with Crippen LogP contribution in [0.5, 0.6) is 0 Å². The molecule has 0 bridgehead atoms. The van der Waals surface area contributed by atoms with Crippen molar-refractivity contribution in [2.24, 2.45) is 5.92 Å². The standard InChI is InChI=1S/C16H17F2NS/c1-10(12-6-7-13(17)14(18)9-12)19-16(11-4-5-11)15-3-2-8-20-15/h2-3,6-11,16,19H,4-5H2,1H3. The molecule has 1 nitrogen and oxygen atoms in total. The largest absolute Gasteiger partial charge is 0.302 e. The molecule has 0 aliphatic heterocycles. The minimum absolute atomic E-state index is 0.00204. The molecule has 0 saturated heterocycles. The molecule has 1 saturated carbocycles. The molecule has 3 rings (SSSR count). The first-order valence-corrected chi connectivity index (χ1v) is 7.77. The van der Waals surface area contributed by atoms with E-state index in [9.17, 15) is 8.78 Å². The van der Waals surface area contributed by atoms with Crippen LogP contribution in [0.25, 0.3) is 0 Å². The first-order valence-electron chi connectivity index (χ1n) is 6.89. The molecule has 4 heteroatoms. The Labute approximate surface area is 121 Å². The molecule has 1 aromatic carbocycles. The van der Waals surface area contributed by atoms with Gasteiger partial charge in [0.2, 0.25) is 0 Å². The van der Waals surface area contributed by atoms with E-state index in [0.29, 0.717) is 12.0 Å². The fourth-order valence-electron chi connectivity index (χ4n) is 2.50. The third kappa shape index (κ3) is 2.91. The molecule has 20 heavy (non-hydrogen) atoms. The summed E-state index contributed by atoms with van der Waals surface area (Å²) >= 11 is 1.75. The molecule has 1 aliphatic carbocycles. The Hall–Kier alpha value is -1.26. The number of hydrogen-bond donors (Lipinski definition) is 1. The average Bonchev–Trinajstić information content (AvgIpc) is 3.13. The highest BCUT2D eigenvalue weighted by Gasteiger charge is 2.33. The van der Waals surface area contributed by atoms with Crippen molar-refractivity contribution >= 4 is 11.3 Å². The van der Waals surface area contributed by atoms with Gasteiger partial charge in [-0.2, -0.15) is 0 Å². The molecule has 2 aromatic rings. The summed E-state index contributed by atoms with van der Waals surface area (Å²) in [5.74, 6) is -0.908. The maximum atomic E-state index is 13.3. The Morgan fingerprint density at radius 1 is 1.20 bits per heavy atom. The summed E-state index contributed by atoms with van der Waals surface area (Å²) in [6.07, 6.45) is 2.47. The third-order valence-electron chi connectivity index (χ3n) is 3.82. The minimum atomic E-state index is -0.794. The van der Waals surface area contributed by atoms with Crippen LogP contribution in [0.3, 0.4) is 0 Å². The normalized spacial score (nSPS) is 17.9. The van der Waals surface area contributed by atoms with Crippen molar-refractivity contribution in [3.05, 3.63) is 57.8 Å². The highest BCUT2D eigenvalue weighted by molar-refractivity contribution is 7.10. The predicted molar refractivity (Wildman–Crippen MR) is 77.7 cm³/mol. The monoisotopic (exact) mass is 293 g/mol. The summed E-state index contributed by atoms with van der Waals surface area (Å²) in [7, 11) is 0. The van der Waals surface area contributed by atoms with Crippen molar-refractivity contribution in [2.75, 3.05) is 0 Å². The maximum absolute atomic E-state index is 13.3. The van der Waals surface area contributed by atoms with Crippen molar-refractivity contribution in [3.8, 4) is 0 Å². The highest BCUT2D eigenvalue weighted by atomic mass is 32.1. The lowest BCUT2D eigenvalue weighted by atomic mass is 10.0. The third-order valence-corrected chi connectivity index (χ3v) is 4.77. The first kappa shape index (κ1) is 13.7. The van der Waals surface area contributed by atoms with Crippen LogP contribution in [0.2, 0.25) is 0 Å². The predicted octanol–water partition coefficient (Wildman–Crippen LogP) is 4.83. The first-order chi connectivity index (χ1) is 9.65. The fraction of sp³-hybridized carbons (Fsp3) is 0.375. The van der Waals surface area contributed by atoms with Crippen LogP contribution >= 0.6 is 11.3 Å². The molecule has 1 aliphatic rings. The number of thiophene rings is 1. The molecule has 1 aromatic heterocycles. The second kappa shape index (κ2) is 5.62. The van der Waals surface area contributed by atoms with Crippen molar-refractivity contribution in [1.29, 1.82) is 0 Å². The van der Waals surface area contributed by atoms with E-state index < -0.39 is 11.6 Å². The molecule has 2 unspecified atom stereocenters. The zero-order valence-electron chi connectivity index (χ0n) is 11.3. The zero-order valence-corrected chi connectivity index (χ0v) is 12.1. The summed E-state index contributed by atoms with van der Waals surface area (Å²) in [6.45, 7) is 2.00. The Morgan fingerprint density at radius 2 is 2.00 bits per heavy atom. The second-order valence-corrected chi connectivity index (χ2v) is 6.37. The smallest absolute Gasteiger partial charge is 0.159 e. The van der Waals surface area contributed by atoms with Crippen LogP contribution < -0.4 is 5.32 Å². The lowest BCUT2D eigenvalue weighted by molar-refractivity contribution is 0.429. The highest BCUT2D eigenvalue weighted by Crippen LogP contribution is 2.43. The molecular weight excluding hydrogens is 276 g/mol. The van der Waals surface area contributed by atoms with Crippen LogP contribution in [0.1, 0.15) is 42.3 Å². The quantitative estimate of drug-likeness (QED) is 0.832. The summed E-state index contributed by atoms with van der Waals surface area (Å²) in [5, 5.41) is 5.64. The number of benzene rings is 1. The van der Waals surface area contributed by atoms with Gasteiger partial charge in [-0.15, -0.1) is 11.3 Å². The van der Waals surface area contributed by atoms with Crippen LogP contribution in [0.15, 0.2) is 35.7 Å². The van der Waals surface area contributed by atoms with Crippen molar-refractivity contribution in [2.45, 2.75) is 31.8 Å². The Balaban J connectivity index is 1.76. The molecule has 106 valence electrons. The van der Waals surface area contributed by atoms with Crippen LogP contribution in [0, 0.1) is 17.6 Å². The van der Waals surface area contributed by atoms with E-state index in [-0.39, 0.29) is 6.04 Å². The van der Waals surface area contributed by atoms with Gasteiger partial charge in [-0.3, -0.25) is 0 Å². The Bertz CT molecular complexity index is 578. The second-order valence-electron chi connectivity index (χ2n) is 5.39. The molecule has 0 radical (unpaired) electrons. The molecule has 0 amide bonds. The summed E-state index contributed by atoms with van der Waals surface area (Å²) < 4.78 is 26.3. The maximum Gasteiger partial charge on any atom is 0.159 e. The van der Waals surface area contributed by atoms with Gasteiger partial charge in [0.15, 0.2) is 11.6 Å². The minimum Gasteiger partial charge on any atom is -0.302 e. The fourth-order valence-corrected chi connectivity index (χ4v) is 3.37. The number of rotatable bonds is 5. The Morgan fingerprint density at radius 3 is 2.60 bits per heavy atom. The average molecular weight is 293 g/mol.